The number of nitrogens with one attached hydrogen (secondary N) is 1. The van der Waals surface area contributed by atoms with Crippen LogP contribution in [0.1, 0.15) is 11.3 Å². The molecule has 0 unspecified atom stereocenters. The first kappa shape index (κ1) is 17.3. The van der Waals surface area contributed by atoms with Gasteiger partial charge in [0.15, 0.2) is 4.96 Å². The highest BCUT2D eigenvalue weighted by molar-refractivity contribution is 7.15. The molecule has 5 nitrogen and oxygen atoms in total. The van der Waals surface area contributed by atoms with E-state index in [0.717, 1.165) is 33.9 Å². The van der Waals surface area contributed by atoms with E-state index in [9.17, 15) is 9.90 Å². The molecule has 4 rings (SSSR count). The Morgan fingerprint density at radius 2 is 1.89 bits per heavy atom. The fourth-order valence-electron chi connectivity index (χ4n) is 2.94. The van der Waals surface area contributed by atoms with Gasteiger partial charge in [0.05, 0.1) is 12.1 Å². The van der Waals surface area contributed by atoms with Gasteiger partial charge in [-0.3, -0.25) is 9.20 Å². The van der Waals surface area contributed by atoms with Crippen molar-refractivity contribution in [2.24, 2.45) is 0 Å². The lowest BCUT2D eigenvalue weighted by atomic mass is 10.1. The van der Waals surface area contributed by atoms with Crippen molar-refractivity contribution in [2.75, 3.05) is 6.54 Å². The highest BCUT2D eigenvalue weighted by atomic mass is 32.1. The maximum atomic E-state index is 12.3. The summed E-state index contributed by atoms with van der Waals surface area (Å²) in [7, 11) is 0. The Kier molecular flexibility index (Phi) is 4.89. The fraction of sp³-hybridized carbons (Fsp3) is 0.143. The lowest BCUT2D eigenvalue weighted by Gasteiger charge is -2.05. The number of aromatic nitrogens is 2. The number of carbonyl (C=O) groups is 1. The minimum Gasteiger partial charge on any atom is -0.508 e. The maximum absolute atomic E-state index is 12.3. The van der Waals surface area contributed by atoms with Gasteiger partial charge in [-0.25, -0.2) is 4.98 Å². The van der Waals surface area contributed by atoms with Crippen molar-refractivity contribution in [3.63, 3.8) is 0 Å². The number of carbonyl (C=O) groups excluding carboxylic acids is 1. The molecule has 2 heterocycles. The number of imidazole rings is 1. The predicted octanol–water partition coefficient (Wildman–Crippen LogP) is 3.67. The molecule has 4 aromatic rings. The highest BCUT2D eigenvalue weighted by Crippen LogP contribution is 2.23. The van der Waals surface area contributed by atoms with Crippen LogP contribution in [-0.2, 0) is 17.6 Å². The number of aromatic hydroxyl groups is 1. The maximum Gasteiger partial charge on any atom is 0.225 e. The molecule has 0 saturated heterocycles. The van der Waals surface area contributed by atoms with Gasteiger partial charge in [0.25, 0.3) is 0 Å². The number of nitrogens with zero attached hydrogens (tertiary/aromatic N) is 2. The highest BCUT2D eigenvalue weighted by Gasteiger charge is 2.12. The molecule has 0 atom stereocenters. The summed E-state index contributed by atoms with van der Waals surface area (Å²) in [4.78, 5) is 17.8. The Hall–Kier alpha value is -3.12. The van der Waals surface area contributed by atoms with E-state index in [-0.39, 0.29) is 11.7 Å². The van der Waals surface area contributed by atoms with Crippen LogP contribution >= 0.6 is 11.3 Å². The van der Waals surface area contributed by atoms with Crippen LogP contribution in [0.15, 0.2) is 66.2 Å². The fourth-order valence-corrected chi connectivity index (χ4v) is 3.81. The predicted molar refractivity (Wildman–Crippen MR) is 107 cm³/mol. The second-order valence-corrected chi connectivity index (χ2v) is 7.15. The lowest BCUT2D eigenvalue weighted by Crippen LogP contribution is -2.27. The number of thiazole rings is 1. The first-order chi connectivity index (χ1) is 13.2. The number of benzene rings is 2. The van der Waals surface area contributed by atoms with Gasteiger partial charge in [0, 0.05) is 29.4 Å². The Morgan fingerprint density at radius 1 is 1.11 bits per heavy atom. The summed E-state index contributed by atoms with van der Waals surface area (Å²) in [5.74, 6) is 0.239. The molecule has 0 spiro atoms. The molecular weight excluding hydrogens is 358 g/mol. The van der Waals surface area contributed by atoms with Crippen molar-refractivity contribution in [2.45, 2.75) is 12.8 Å². The Morgan fingerprint density at radius 3 is 2.67 bits per heavy atom. The lowest BCUT2D eigenvalue weighted by molar-refractivity contribution is -0.120. The molecule has 27 heavy (non-hydrogen) atoms. The van der Waals surface area contributed by atoms with E-state index in [1.807, 2.05) is 58.4 Å². The SMILES string of the molecule is O=C(Cc1csc2nc(-c3ccccc3)cn12)NCCc1ccc(O)cc1. The summed E-state index contributed by atoms with van der Waals surface area (Å²) in [5, 5.41) is 14.2. The van der Waals surface area contributed by atoms with E-state index in [1.54, 1.807) is 23.5 Å². The zero-order valence-electron chi connectivity index (χ0n) is 14.6. The second kappa shape index (κ2) is 7.63. The number of fused-ring (bicyclic) bond motifs is 1. The summed E-state index contributed by atoms with van der Waals surface area (Å²) in [6.07, 6.45) is 3.04. The Bertz CT molecular complexity index is 1050. The molecule has 2 aromatic heterocycles. The van der Waals surface area contributed by atoms with Crippen molar-refractivity contribution in [1.82, 2.24) is 14.7 Å². The van der Waals surface area contributed by atoms with Gasteiger partial charge in [-0.15, -0.1) is 11.3 Å². The zero-order valence-corrected chi connectivity index (χ0v) is 15.4. The van der Waals surface area contributed by atoms with Gasteiger partial charge >= 0.3 is 0 Å². The smallest absolute Gasteiger partial charge is 0.225 e. The van der Waals surface area contributed by atoms with Crippen LogP contribution in [-0.4, -0.2) is 26.9 Å². The van der Waals surface area contributed by atoms with Crippen LogP contribution in [0.5, 0.6) is 5.75 Å². The van der Waals surface area contributed by atoms with Crippen molar-refractivity contribution >= 4 is 22.2 Å². The average molecular weight is 377 g/mol. The van der Waals surface area contributed by atoms with Crippen LogP contribution in [0.25, 0.3) is 16.2 Å². The van der Waals surface area contributed by atoms with Crippen molar-refractivity contribution in [3.8, 4) is 17.0 Å². The topological polar surface area (TPSA) is 66.6 Å². The van der Waals surface area contributed by atoms with Crippen molar-refractivity contribution in [1.29, 1.82) is 0 Å². The van der Waals surface area contributed by atoms with E-state index in [2.05, 4.69) is 10.3 Å². The van der Waals surface area contributed by atoms with Crippen molar-refractivity contribution in [3.05, 3.63) is 77.4 Å². The van der Waals surface area contributed by atoms with Crippen LogP contribution in [0, 0.1) is 0 Å². The number of phenolic OH excluding ortho intramolecular Hbond substituents is 1. The first-order valence-electron chi connectivity index (χ1n) is 8.74. The van der Waals surface area contributed by atoms with Crippen LogP contribution in [0.3, 0.4) is 0 Å². The molecule has 0 aliphatic carbocycles. The summed E-state index contributed by atoms with van der Waals surface area (Å²) in [6, 6.07) is 17.1. The van der Waals surface area contributed by atoms with E-state index >= 15 is 0 Å². The number of rotatable bonds is 6. The average Bonchev–Trinajstić information content (AvgIpc) is 3.26. The summed E-state index contributed by atoms with van der Waals surface area (Å²) < 4.78 is 1.99. The molecule has 0 aliphatic heterocycles. The molecular formula is C21H19N3O2S. The number of hydrogen-bond donors (Lipinski definition) is 2. The minimum atomic E-state index is -0.0107. The monoisotopic (exact) mass is 377 g/mol. The third-order valence-electron chi connectivity index (χ3n) is 4.37. The molecule has 6 heteroatoms. The molecule has 0 radical (unpaired) electrons. The van der Waals surface area contributed by atoms with Gasteiger partial charge in [-0.05, 0) is 24.1 Å². The summed E-state index contributed by atoms with van der Waals surface area (Å²) in [6.45, 7) is 0.566. The molecule has 2 aromatic carbocycles. The molecule has 0 saturated carbocycles. The summed E-state index contributed by atoms with van der Waals surface area (Å²) in [5.41, 5.74) is 3.99. The van der Waals surface area contributed by atoms with E-state index in [1.165, 1.54) is 0 Å². The third kappa shape index (κ3) is 4.01. The van der Waals surface area contributed by atoms with Crippen LogP contribution in [0.4, 0.5) is 0 Å². The normalized spacial score (nSPS) is 11.0. The van der Waals surface area contributed by atoms with Crippen LogP contribution in [0.2, 0.25) is 0 Å². The first-order valence-corrected chi connectivity index (χ1v) is 9.62. The minimum absolute atomic E-state index is 0.0107. The standard InChI is InChI=1S/C21H19N3O2S/c25-18-8-6-15(7-9-18)10-11-22-20(26)12-17-14-27-21-23-19(13-24(17)21)16-4-2-1-3-5-16/h1-9,13-14,25H,10-12H2,(H,22,26). The molecule has 136 valence electrons. The van der Waals surface area contributed by atoms with Gasteiger partial charge in [-0.1, -0.05) is 42.5 Å². The van der Waals surface area contributed by atoms with Gasteiger partial charge in [0.1, 0.15) is 5.75 Å². The Labute approximate surface area is 160 Å². The number of hydrogen-bond acceptors (Lipinski definition) is 4. The van der Waals surface area contributed by atoms with E-state index in [0.29, 0.717) is 13.0 Å². The van der Waals surface area contributed by atoms with Gasteiger partial charge in [0.2, 0.25) is 5.91 Å². The number of phenols is 1. The molecule has 0 aliphatic rings. The molecule has 0 bridgehead atoms. The third-order valence-corrected chi connectivity index (χ3v) is 5.26. The Balaban J connectivity index is 1.38. The second-order valence-electron chi connectivity index (χ2n) is 6.31. The number of amides is 1. The summed E-state index contributed by atoms with van der Waals surface area (Å²) >= 11 is 1.54. The van der Waals surface area contributed by atoms with Crippen molar-refractivity contribution < 1.29 is 9.90 Å². The molecule has 0 fully saturated rings. The van der Waals surface area contributed by atoms with Gasteiger partial charge in [-0.2, -0.15) is 0 Å². The quantitative estimate of drug-likeness (QED) is 0.539. The van der Waals surface area contributed by atoms with Crippen LogP contribution < -0.4 is 5.32 Å². The van der Waals surface area contributed by atoms with Gasteiger partial charge < -0.3 is 10.4 Å². The van der Waals surface area contributed by atoms with E-state index < -0.39 is 0 Å². The molecule has 1 amide bonds. The molecule has 2 N–H and O–H groups in total. The largest absolute Gasteiger partial charge is 0.508 e. The zero-order chi connectivity index (χ0) is 18.6. The van der Waals surface area contributed by atoms with E-state index in [4.69, 9.17) is 0 Å².